The third kappa shape index (κ3) is 20.3. The zero-order chi connectivity index (χ0) is 42.4. The Morgan fingerprint density at radius 3 is 1.36 bits per heavy atom. The van der Waals surface area contributed by atoms with Crippen molar-refractivity contribution in [3.05, 3.63) is 0 Å². The lowest BCUT2D eigenvalue weighted by Gasteiger charge is -2.38. The third-order valence-corrected chi connectivity index (χ3v) is 12.7. The van der Waals surface area contributed by atoms with Crippen LogP contribution < -0.4 is 5.32 Å². The number of nitrogens with zero attached hydrogens (tertiary/aromatic N) is 1. The molecule has 3 unspecified atom stereocenters. The SMILES string of the molecule is CC(C)(C)C1CCC(=O)CC1.CC(C)(C)C1CCCC(=O)C1.CC(C)(C)C1CCCCC1=O.CC(C)(C)C1CCNC(=O)C1.CC(C)(C)N1CCCCC1=O. The van der Waals surface area contributed by atoms with Crippen molar-refractivity contribution in [1.82, 2.24) is 10.2 Å². The molecule has 5 rings (SSSR count). The molecular formula is C48H88N2O5. The second-order valence-corrected chi connectivity index (χ2v) is 22.6. The first-order valence-corrected chi connectivity index (χ1v) is 22.2. The number of piperidine rings is 2. The highest BCUT2D eigenvalue weighted by Gasteiger charge is 2.33. The summed E-state index contributed by atoms with van der Waals surface area (Å²) >= 11 is 0. The van der Waals surface area contributed by atoms with Gasteiger partial charge in [0.1, 0.15) is 17.3 Å². The van der Waals surface area contributed by atoms with E-state index in [4.69, 9.17) is 0 Å². The molecule has 0 radical (unpaired) electrons. The van der Waals surface area contributed by atoms with Crippen LogP contribution in [0.25, 0.3) is 0 Å². The molecule has 320 valence electrons. The zero-order valence-electron chi connectivity index (χ0n) is 38.7. The largest absolute Gasteiger partial charge is 0.356 e. The molecule has 0 aromatic rings. The maximum atomic E-state index is 11.4. The Bertz CT molecular complexity index is 1130. The molecule has 5 aliphatic rings. The summed E-state index contributed by atoms with van der Waals surface area (Å²) in [7, 11) is 0. The van der Waals surface area contributed by atoms with Crippen LogP contribution in [-0.4, -0.2) is 52.7 Å². The maximum absolute atomic E-state index is 11.4. The number of carbonyl (C=O) groups is 5. The maximum Gasteiger partial charge on any atom is 0.222 e. The monoisotopic (exact) mass is 773 g/mol. The van der Waals surface area contributed by atoms with Crippen LogP contribution >= 0.6 is 0 Å². The number of hydrogen-bond acceptors (Lipinski definition) is 5. The van der Waals surface area contributed by atoms with Gasteiger partial charge in [-0.15, -0.1) is 0 Å². The lowest BCUT2D eigenvalue weighted by molar-refractivity contribution is -0.138. The highest BCUT2D eigenvalue weighted by atomic mass is 16.2. The number of carbonyl (C=O) groups excluding carboxylic acids is 5. The van der Waals surface area contributed by atoms with Gasteiger partial charge in [0, 0.05) is 69.5 Å². The van der Waals surface area contributed by atoms with Crippen molar-refractivity contribution in [3.63, 3.8) is 0 Å². The number of ketones is 3. The van der Waals surface area contributed by atoms with E-state index in [-0.39, 0.29) is 22.3 Å². The molecule has 7 heteroatoms. The molecule has 2 heterocycles. The summed E-state index contributed by atoms with van der Waals surface area (Å²) in [6.07, 6.45) is 17.0. The normalized spacial score (nSPS) is 24.7. The van der Waals surface area contributed by atoms with Crippen LogP contribution in [0.4, 0.5) is 0 Å². The molecule has 0 aromatic heterocycles. The number of hydrogen-bond donors (Lipinski definition) is 1. The molecule has 2 saturated heterocycles. The fraction of sp³-hybridized carbons (Fsp3) is 0.896. The molecule has 7 nitrogen and oxygen atoms in total. The number of nitrogens with one attached hydrogen (secondary N) is 1. The van der Waals surface area contributed by atoms with Crippen molar-refractivity contribution in [2.75, 3.05) is 13.1 Å². The predicted molar refractivity (Wildman–Crippen MR) is 230 cm³/mol. The van der Waals surface area contributed by atoms with Crippen LogP contribution in [-0.2, 0) is 24.0 Å². The van der Waals surface area contributed by atoms with E-state index in [9.17, 15) is 24.0 Å². The Morgan fingerprint density at radius 1 is 0.473 bits per heavy atom. The third-order valence-electron chi connectivity index (χ3n) is 12.7. The molecule has 2 amide bonds. The smallest absolute Gasteiger partial charge is 0.222 e. The van der Waals surface area contributed by atoms with Crippen LogP contribution in [0.15, 0.2) is 0 Å². The van der Waals surface area contributed by atoms with Crippen molar-refractivity contribution in [3.8, 4) is 0 Å². The molecule has 3 saturated carbocycles. The molecule has 3 aliphatic carbocycles. The van der Waals surface area contributed by atoms with Gasteiger partial charge in [-0.2, -0.15) is 0 Å². The van der Waals surface area contributed by atoms with Crippen LogP contribution in [0, 0.1) is 45.3 Å². The predicted octanol–water partition coefficient (Wildman–Crippen LogP) is 11.7. The van der Waals surface area contributed by atoms with Crippen molar-refractivity contribution in [1.29, 1.82) is 0 Å². The highest BCUT2D eigenvalue weighted by molar-refractivity contribution is 5.82. The van der Waals surface area contributed by atoms with E-state index >= 15 is 0 Å². The van der Waals surface area contributed by atoms with E-state index in [1.165, 1.54) is 19.3 Å². The first kappa shape index (κ1) is 51.0. The van der Waals surface area contributed by atoms with E-state index in [1.807, 2.05) is 4.90 Å². The van der Waals surface area contributed by atoms with Crippen molar-refractivity contribution in [2.24, 2.45) is 45.3 Å². The summed E-state index contributed by atoms with van der Waals surface area (Å²) in [6.45, 7) is 34.7. The molecule has 3 atom stereocenters. The molecule has 2 aliphatic heterocycles. The second-order valence-electron chi connectivity index (χ2n) is 22.6. The summed E-state index contributed by atoms with van der Waals surface area (Å²) in [6, 6.07) is 0. The quantitative estimate of drug-likeness (QED) is 0.264. The van der Waals surface area contributed by atoms with Gasteiger partial charge in [-0.1, -0.05) is 89.5 Å². The van der Waals surface area contributed by atoms with Gasteiger partial charge in [0.05, 0.1) is 0 Å². The molecule has 1 N–H and O–H groups in total. The van der Waals surface area contributed by atoms with Crippen LogP contribution in [0.5, 0.6) is 0 Å². The van der Waals surface area contributed by atoms with Crippen molar-refractivity contribution >= 4 is 29.2 Å². The van der Waals surface area contributed by atoms with Crippen molar-refractivity contribution in [2.45, 2.75) is 219 Å². The molecule has 0 spiro atoms. The van der Waals surface area contributed by atoms with E-state index in [2.05, 4.69) is 109 Å². The lowest BCUT2D eigenvalue weighted by atomic mass is 9.72. The topological polar surface area (TPSA) is 101 Å². The van der Waals surface area contributed by atoms with Gasteiger partial charge in [-0.3, -0.25) is 24.0 Å². The summed E-state index contributed by atoms with van der Waals surface area (Å²) in [5.41, 5.74) is 1.24. The first-order valence-electron chi connectivity index (χ1n) is 22.2. The minimum absolute atomic E-state index is 0.0253. The van der Waals surface area contributed by atoms with E-state index in [0.717, 1.165) is 102 Å². The van der Waals surface area contributed by atoms with Gasteiger partial charge in [0.25, 0.3) is 0 Å². The van der Waals surface area contributed by atoms with Crippen LogP contribution in [0.1, 0.15) is 213 Å². The Balaban J connectivity index is 0.000000344. The van der Waals surface area contributed by atoms with Crippen molar-refractivity contribution < 1.29 is 24.0 Å². The summed E-state index contributed by atoms with van der Waals surface area (Å²) in [5, 5.41) is 2.85. The van der Waals surface area contributed by atoms with Crippen LogP contribution in [0.3, 0.4) is 0 Å². The fourth-order valence-electron chi connectivity index (χ4n) is 8.51. The summed E-state index contributed by atoms with van der Waals surface area (Å²) in [5.74, 6) is 4.25. The number of rotatable bonds is 0. The van der Waals surface area contributed by atoms with Crippen LogP contribution in [0.2, 0.25) is 0 Å². The highest BCUT2D eigenvalue weighted by Crippen LogP contribution is 2.38. The number of Topliss-reactive ketones (excluding diaryl/α,β-unsaturated/α-hetero) is 3. The summed E-state index contributed by atoms with van der Waals surface area (Å²) < 4.78 is 0. The Morgan fingerprint density at radius 2 is 1.00 bits per heavy atom. The Hall–Kier alpha value is -2.05. The van der Waals surface area contributed by atoms with Gasteiger partial charge < -0.3 is 10.2 Å². The van der Waals surface area contributed by atoms with E-state index in [0.29, 0.717) is 58.3 Å². The molecule has 0 bridgehead atoms. The number of likely N-dealkylation sites (tertiary alicyclic amines) is 1. The van der Waals surface area contributed by atoms with E-state index < -0.39 is 0 Å². The van der Waals surface area contributed by atoms with Gasteiger partial charge in [0.2, 0.25) is 11.8 Å². The Kier molecular flexibility index (Phi) is 20.6. The standard InChI is InChI=1S/3C10H18O.2C9H17NO/c1-10(2,3)8-4-6-9(11)7-5-8;1-10(2,3)8-5-4-6-9(11)7-8;1-10(2,3)8-6-4-5-7-9(8)11;1-9(2,3)7-4-5-10-8(11)6-7;1-9(2,3)10-7-5-4-6-8(10)11/h3*8H,4-7H2,1-3H3;7H,4-6H2,1-3H3,(H,10,11);4-7H2,1-3H3. The zero-order valence-corrected chi connectivity index (χ0v) is 38.7. The molecule has 0 aromatic carbocycles. The van der Waals surface area contributed by atoms with E-state index in [1.54, 1.807) is 0 Å². The molecule has 5 fully saturated rings. The average Bonchev–Trinajstić information content (AvgIpc) is 3.04. The minimum Gasteiger partial charge on any atom is -0.356 e. The number of amides is 2. The average molecular weight is 773 g/mol. The first-order chi connectivity index (χ1) is 25.0. The van der Waals surface area contributed by atoms with Gasteiger partial charge >= 0.3 is 0 Å². The van der Waals surface area contributed by atoms with Gasteiger partial charge in [0.15, 0.2) is 0 Å². The summed E-state index contributed by atoms with van der Waals surface area (Å²) in [4.78, 5) is 57.9. The Labute approximate surface area is 339 Å². The minimum atomic E-state index is 0.0253. The van der Waals surface area contributed by atoms with Gasteiger partial charge in [-0.05, 0) is 118 Å². The molecule has 55 heavy (non-hydrogen) atoms. The lowest BCUT2D eigenvalue weighted by Crippen LogP contribution is -2.47. The fourth-order valence-corrected chi connectivity index (χ4v) is 8.51. The molecular weight excluding hydrogens is 685 g/mol. The second kappa shape index (κ2) is 22.2. The van der Waals surface area contributed by atoms with Gasteiger partial charge in [-0.25, -0.2) is 0 Å².